The molecule has 4 N–H and O–H groups in total. The van der Waals surface area contributed by atoms with Gasteiger partial charge in [0, 0.05) is 32.1 Å². The molecule has 0 bridgehead atoms. The molecule has 0 unspecified atom stereocenters. The Balaban J connectivity index is 1.40. The zero-order chi connectivity index (χ0) is 16.1. The number of likely N-dealkylation sites (tertiary alicyclic amines) is 1. The van der Waals surface area contributed by atoms with E-state index in [1.54, 1.807) is 0 Å². The van der Waals surface area contributed by atoms with Gasteiger partial charge in [-0.2, -0.15) is 0 Å². The van der Waals surface area contributed by atoms with Crippen LogP contribution in [0.25, 0.3) is 0 Å². The van der Waals surface area contributed by atoms with E-state index in [9.17, 15) is 10.2 Å². The van der Waals surface area contributed by atoms with Gasteiger partial charge in [-0.3, -0.25) is 4.90 Å². The van der Waals surface area contributed by atoms with E-state index in [1.165, 1.54) is 0 Å². The maximum absolute atomic E-state index is 9.86. The molecule has 128 valence electrons. The van der Waals surface area contributed by atoms with Gasteiger partial charge in [0.25, 0.3) is 0 Å². The Morgan fingerprint density at radius 2 is 1.65 bits per heavy atom. The third kappa shape index (κ3) is 2.80. The van der Waals surface area contributed by atoms with Crippen LogP contribution in [0.2, 0.25) is 0 Å². The van der Waals surface area contributed by atoms with E-state index in [4.69, 9.17) is 5.73 Å². The van der Waals surface area contributed by atoms with E-state index in [-0.39, 0.29) is 0 Å². The van der Waals surface area contributed by atoms with E-state index in [2.05, 4.69) is 19.7 Å². The van der Waals surface area contributed by atoms with Gasteiger partial charge in [0.1, 0.15) is 11.6 Å². The Kier molecular flexibility index (Phi) is 3.91. The molecule has 7 nitrogen and oxygen atoms in total. The SMILES string of the molecule is Cn1c(CN2C[C@H]3C[C@H](O)[C@H](O)C[C@H]3C2)nnc1C1CC(N)C1. The first-order chi connectivity index (χ1) is 11.0. The van der Waals surface area contributed by atoms with Gasteiger partial charge in [-0.1, -0.05) is 0 Å². The minimum atomic E-state index is -0.555. The highest BCUT2D eigenvalue weighted by atomic mass is 16.3. The normalized spacial score (nSPS) is 40.9. The highest BCUT2D eigenvalue weighted by Crippen LogP contribution is 2.37. The summed E-state index contributed by atoms with van der Waals surface area (Å²) in [5, 5.41) is 28.5. The molecular formula is C16H27N5O2. The minimum absolute atomic E-state index is 0.319. The van der Waals surface area contributed by atoms with Crippen molar-refractivity contribution in [3.05, 3.63) is 11.6 Å². The van der Waals surface area contributed by atoms with E-state index >= 15 is 0 Å². The monoisotopic (exact) mass is 321 g/mol. The number of nitrogens with two attached hydrogens (primary N) is 1. The lowest BCUT2D eigenvalue weighted by Gasteiger charge is -2.32. The number of aliphatic hydroxyl groups is 2. The predicted octanol–water partition coefficient (Wildman–Crippen LogP) is -0.417. The van der Waals surface area contributed by atoms with Crippen molar-refractivity contribution in [3.8, 4) is 0 Å². The second kappa shape index (κ2) is 5.81. The van der Waals surface area contributed by atoms with Crippen LogP contribution in [0, 0.1) is 11.8 Å². The molecule has 2 aliphatic carbocycles. The third-order valence-electron chi connectivity index (χ3n) is 6.09. The molecule has 1 aromatic heterocycles. The van der Waals surface area contributed by atoms with Crippen molar-refractivity contribution in [1.29, 1.82) is 0 Å². The van der Waals surface area contributed by atoms with Crippen LogP contribution in [0.15, 0.2) is 0 Å². The lowest BCUT2D eigenvalue weighted by atomic mass is 9.79. The smallest absolute Gasteiger partial charge is 0.146 e. The largest absolute Gasteiger partial charge is 0.390 e. The summed E-state index contributed by atoms with van der Waals surface area (Å²) in [5.41, 5.74) is 5.88. The van der Waals surface area contributed by atoms with Crippen LogP contribution in [0.1, 0.15) is 43.3 Å². The van der Waals surface area contributed by atoms with Gasteiger partial charge in [-0.25, -0.2) is 0 Å². The Labute approximate surface area is 136 Å². The molecular weight excluding hydrogens is 294 g/mol. The first-order valence-electron chi connectivity index (χ1n) is 8.73. The van der Waals surface area contributed by atoms with Crippen molar-refractivity contribution in [2.75, 3.05) is 13.1 Å². The Morgan fingerprint density at radius 3 is 2.22 bits per heavy atom. The van der Waals surface area contributed by atoms with Crippen molar-refractivity contribution in [3.63, 3.8) is 0 Å². The van der Waals surface area contributed by atoms with E-state index in [0.29, 0.717) is 36.6 Å². The molecule has 7 heteroatoms. The van der Waals surface area contributed by atoms with E-state index in [0.717, 1.165) is 44.1 Å². The van der Waals surface area contributed by atoms with Gasteiger partial charge in [0.05, 0.1) is 18.8 Å². The van der Waals surface area contributed by atoms with Gasteiger partial charge in [-0.15, -0.1) is 10.2 Å². The molecule has 0 aromatic carbocycles. The predicted molar refractivity (Wildman–Crippen MR) is 84.5 cm³/mol. The number of fused-ring (bicyclic) bond motifs is 1. The standard InChI is InChI=1S/C16H27N5O2/c1-20-15(18-19-16(20)9-2-12(17)3-9)8-21-6-10-4-13(22)14(23)5-11(10)7-21/h9-14,22-23H,2-8,17H2,1H3/t9?,10-,11+,12?,13+,14-. The van der Waals surface area contributed by atoms with Crippen LogP contribution in [0.3, 0.4) is 0 Å². The highest BCUT2D eigenvalue weighted by Gasteiger charge is 2.41. The summed E-state index contributed by atoms with van der Waals surface area (Å²) in [6, 6.07) is 0.319. The van der Waals surface area contributed by atoms with Crippen molar-refractivity contribution in [1.82, 2.24) is 19.7 Å². The average molecular weight is 321 g/mol. The quantitative estimate of drug-likeness (QED) is 0.699. The van der Waals surface area contributed by atoms with Crippen LogP contribution >= 0.6 is 0 Å². The summed E-state index contributed by atoms with van der Waals surface area (Å²) in [5.74, 6) is 3.50. The van der Waals surface area contributed by atoms with Gasteiger partial charge in [-0.05, 0) is 37.5 Å². The minimum Gasteiger partial charge on any atom is -0.390 e. The zero-order valence-corrected chi connectivity index (χ0v) is 13.7. The first kappa shape index (κ1) is 15.5. The second-order valence-corrected chi connectivity index (χ2v) is 7.78. The molecule has 2 heterocycles. The van der Waals surface area contributed by atoms with E-state index in [1.807, 2.05) is 7.05 Å². The number of hydrogen-bond donors (Lipinski definition) is 3. The van der Waals surface area contributed by atoms with Crippen LogP contribution in [0.5, 0.6) is 0 Å². The first-order valence-corrected chi connectivity index (χ1v) is 8.73. The summed E-state index contributed by atoms with van der Waals surface area (Å²) < 4.78 is 2.13. The van der Waals surface area contributed by atoms with Gasteiger partial charge >= 0.3 is 0 Å². The Hall–Kier alpha value is -1.02. The molecule has 2 saturated carbocycles. The number of aliphatic hydroxyl groups excluding tert-OH is 2. The molecule has 1 aliphatic heterocycles. The third-order valence-corrected chi connectivity index (χ3v) is 6.09. The fourth-order valence-corrected chi connectivity index (χ4v) is 4.57. The van der Waals surface area contributed by atoms with Crippen molar-refractivity contribution in [2.24, 2.45) is 24.6 Å². The number of nitrogens with zero attached hydrogens (tertiary/aromatic N) is 4. The van der Waals surface area contributed by atoms with Crippen molar-refractivity contribution in [2.45, 2.75) is 56.4 Å². The van der Waals surface area contributed by atoms with Gasteiger partial charge in [0.15, 0.2) is 0 Å². The summed E-state index contributed by atoms with van der Waals surface area (Å²) in [4.78, 5) is 2.39. The lowest BCUT2D eigenvalue weighted by Crippen LogP contribution is -2.38. The molecule has 1 aromatic rings. The number of aromatic nitrogens is 3. The number of hydrogen-bond acceptors (Lipinski definition) is 6. The maximum atomic E-state index is 9.86. The average Bonchev–Trinajstić information content (AvgIpc) is 3.01. The summed E-state index contributed by atoms with van der Waals surface area (Å²) >= 11 is 0. The van der Waals surface area contributed by atoms with Gasteiger partial charge < -0.3 is 20.5 Å². The van der Waals surface area contributed by atoms with E-state index < -0.39 is 12.2 Å². The van der Waals surface area contributed by atoms with Crippen LogP contribution < -0.4 is 5.73 Å². The van der Waals surface area contributed by atoms with Crippen LogP contribution in [-0.4, -0.2) is 61.2 Å². The van der Waals surface area contributed by atoms with Crippen molar-refractivity contribution < 1.29 is 10.2 Å². The molecule has 0 amide bonds. The second-order valence-electron chi connectivity index (χ2n) is 7.78. The summed E-state index contributed by atoms with van der Waals surface area (Å²) in [6.07, 6.45) is 2.34. The molecule has 1 saturated heterocycles. The zero-order valence-electron chi connectivity index (χ0n) is 13.7. The Bertz CT molecular complexity index is 553. The highest BCUT2D eigenvalue weighted by molar-refractivity contribution is 5.08. The molecule has 3 fully saturated rings. The molecule has 23 heavy (non-hydrogen) atoms. The fourth-order valence-electron chi connectivity index (χ4n) is 4.57. The molecule has 4 rings (SSSR count). The molecule has 0 spiro atoms. The molecule has 0 radical (unpaired) electrons. The Morgan fingerprint density at radius 1 is 1.04 bits per heavy atom. The van der Waals surface area contributed by atoms with Crippen LogP contribution in [-0.2, 0) is 13.6 Å². The molecule has 3 aliphatic rings. The fraction of sp³-hybridized carbons (Fsp3) is 0.875. The van der Waals surface area contributed by atoms with Crippen molar-refractivity contribution >= 4 is 0 Å². The molecule has 4 atom stereocenters. The van der Waals surface area contributed by atoms with Crippen LogP contribution in [0.4, 0.5) is 0 Å². The maximum Gasteiger partial charge on any atom is 0.146 e. The lowest BCUT2D eigenvalue weighted by molar-refractivity contribution is -0.0372. The number of rotatable bonds is 3. The topological polar surface area (TPSA) is 100 Å². The van der Waals surface area contributed by atoms with Gasteiger partial charge in [0.2, 0.25) is 0 Å². The summed E-state index contributed by atoms with van der Waals surface area (Å²) in [7, 11) is 2.05. The summed E-state index contributed by atoms with van der Waals surface area (Å²) in [6.45, 7) is 2.75.